The lowest BCUT2D eigenvalue weighted by Gasteiger charge is -2.39. The molecule has 0 aromatic heterocycles. The molecule has 120 valence electrons. The van der Waals surface area contributed by atoms with Gasteiger partial charge in [0.25, 0.3) is 0 Å². The molecule has 0 fully saturated rings. The van der Waals surface area contributed by atoms with Crippen LogP contribution in [-0.2, 0) is 14.3 Å². The highest BCUT2D eigenvalue weighted by molar-refractivity contribution is 6.17. The standard InChI is InChI=1S/C18H19NO4/c1-10-9-19(2)17(18(22)23-3)16-12-7-5-4-6-11(12)13(20)8-14(21)15(10)16/h4-7,16-17H,8-9H2,1-3H3. The zero-order chi connectivity index (χ0) is 16.7. The fraction of sp³-hybridized carbons (Fsp3) is 0.389. The van der Waals surface area contributed by atoms with Crippen molar-refractivity contribution in [3.63, 3.8) is 0 Å². The molecule has 0 spiro atoms. The molecule has 2 atom stereocenters. The van der Waals surface area contributed by atoms with Gasteiger partial charge in [0.2, 0.25) is 0 Å². The summed E-state index contributed by atoms with van der Waals surface area (Å²) in [6.45, 7) is 2.40. The lowest BCUT2D eigenvalue weighted by molar-refractivity contribution is -0.147. The number of carbonyl (C=O) groups excluding carboxylic acids is 3. The summed E-state index contributed by atoms with van der Waals surface area (Å²) in [4.78, 5) is 39.3. The molecule has 0 bridgehead atoms. The molecule has 23 heavy (non-hydrogen) atoms. The Morgan fingerprint density at radius 2 is 1.91 bits per heavy atom. The molecule has 0 amide bonds. The van der Waals surface area contributed by atoms with E-state index < -0.39 is 12.0 Å². The Balaban J connectivity index is 2.28. The smallest absolute Gasteiger partial charge is 0.324 e. The number of methoxy groups -OCH3 is 1. The molecule has 0 saturated carbocycles. The summed E-state index contributed by atoms with van der Waals surface area (Å²) in [6, 6.07) is 6.57. The van der Waals surface area contributed by atoms with Gasteiger partial charge in [-0.2, -0.15) is 0 Å². The van der Waals surface area contributed by atoms with Gasteiger partial charge < -0.3 is 4.74 Å². The van der Waals surface area contributed by atoms with Gasteiger partial charge >= 0.3 is 5.97 Å². The molecule has 2 unspecified atom stereocenters. The van der Waals surface area contributed by atoms with Crippen LogP contribution >= 0.6 is 0 Å². The summed E-state index contributed by atoms with van der Waals surface area (Å²) in [5.74, 6) is -1.22. The molecule has 1 aromatic carbocycles. The summed E-state index contributed by atoms with van der Waals surface area (Å²) in [6.07, 6.45) is -0.141. The van der Waals surface area contributed by atoms with Crippen molar-refractivity contribution in [2.45, 2.75) is 25.3 Å². The maximum atomic E-state index is 12.7. The van der Waals surface area contributed by atoms with E-state index in [1.54, 1.807) is 12.1 Å². The first-order chi connectivity index (χ1) is 11.0. The maximum Gasteiger partial charge on any atom is 0.324 e. The molecule has 1 aliphatic heterocycles. The maximum absolute atomic E-state index is 12.7. The molecule has 0 N–H and O–H groups in total. The van der Waals surface area contributed by atoms with Gasteiger partial charge in [0.15, 0.2) is 11.6 Å². The fourth-order valence-corrected chi connectivity index (χ4v) is 3.77. The molecule has 1 heterocycles. The Hall–Kier alpha value is -2.27. The van der Waals surface area contributed by atoms with E-state index in [2.05, 4.69) is 0 Å². The van der Waals surface area contributed by atoms with E-state index in [0.29, 0.717) is 17.7 Å². The number of ether oxygens (including phenoxy) is 1. The lowest BCUT2D eigenvalue weighted by Crippen LogP contribution is -2.49. The number of likely N-dealkylation sites (N-methyl/N-ethyl adjacent to an activating group) is 1. The number of Topliss-reactive ketones (excluding diaryl/α,β-unsaturated/α-hetero) is 2. The van der Waals surface area contributed by atoms with Gasteiger partial charge in [0.1, 0.15) is 6.04 Å². The third-order valence-corrected chi connectivity index (χ3v) is 4.71. The van der Waals surface area contributed by atoms with E-state index in [0.717, 1.165) is 11.1 Å². The van der Waals surface area contributed by atoms with Crippen molar-refractivity contribution in [2.24, 2.45) is 0 Å². The molecular weight excluding hydrogens is 294 g/mol. The van der Waals surface area contributed by atoms with Crippen molar-refractivity contribution in [1.82, 2.24) is 4.90 Å². The molecular formula is C18H19NO4. The first kappa shape index (κ1) is 15.6. The van der Waals surface area contributed by atoms with Crippen molar-refractivity contribution < 1.29 is 19.1 Å². The van der Waals surface area contributed by atoms with Crippen LogP contribution in [-0.4, -0.2) is 49.2 Å². The topological polar surface area (TPSA) is 63.7 Å². The van der Waals surface area contributed by atoms with Crippen LogP contribution < -0.4 is 0 Å². The molecule has 1 aromatic rings. The Morgan fingerprint density at radius 3 is 2.61 bits per heavy atom. The molecule has 2 aliphatic rings. The van der Waals surface area contributed by atoms with Crippen LogP contribution in [0, 0.1) is 0 Å². The summed E-state index contributed by atoms with van der Waals surface area (Å²) < 4.78 is 4.96. The average molecular weight is 313 g/mol. The minimum atomic E-state index is -0.602. The number of rotatable bonds is 1. The zero-order valence-electron chi connectivity index (χ0n) is 13.5. The van der Waals surface area contributed by atoms with Crippen molar-refractivity contribution in [3.05, 3.63) is 46.5 Å². The van der Waals surface area contributed by atoms with E-state index in [4.69, 9.17) is 4.74 Å². The molecule has 1 aliphatic carbocycles. The number of fused-ring (bicyclic) bond motifs is 3. The highest BCUT2D eigenvalue weighted by Gasteiger charge is 2.45. The van der Waals surface area contributed by atoms with Crippen LogP contribution in [0.1, 0.15) is 35.2 Å². The summed E-state index contributed by atoms with van der Waals surface area (Å²) in [5, 5.41) is 0. The van der Waals surface area contributed by atoms with E-state index in [1.807, 2.05) is 31.0 Å². The van der Waals surface area contributed by atoms with E-state index in [1.165, 1.54) is 7.11 Å². The van der Waals surface area contributed by atoms with Crippen LogP contribution in [0.15, 0.2) is 35.4 Å². The number of ketones is 2. The zero-order valence-corrected chi connectivity index (χ0v) is 13.5. The summed E-state index contributed by atoms with van der Waals surface area (Å²) in [7, 11) is 3.18. The van der Waals surface area contributed by atoms with Gasteiger partial charge in [-0.1, -0.05) is 29.8 Å². The number of carbonyl (C=O) groups is 3. The van der Waals surface area contributed by atoms with Crippen LogP contribution in [0.4, 0.5) is 0 Å². The summed E-state index contributed by atoms with van der Waals surface area (Å²) in [5.41, 5.74) is 2.77. The Kier molecular flexibility index (Phi) is 3.90. The second-order valence-corrected chi connectivity index (χ2v) is 6.17. The van der Waals surface area contributed by atoms with Crippen LogP contribution in [0.5, 0.6) is 0 Å². The Labute approximate surface area is 134 Å². The van der Waals surface area contributed by atoms with E-state index >= 15 is 0 Å². The van der Waals surface area contributed by atoms with Crippen LogP contribution in [0.25, 0.3) is 0 Å². The normalized spacial score (nSPS) is 24.8. The van der Waals surface area contributed by atoms with Crippen LogP contribution in [0.3, 0.4) is 0 Å². The minimum absolute atomic E-state index is 0.141. The number of nitrogens with zero attached hydrogens (tertiary/aromatic N) is 1. The first-order valence-electron chi connectivity index (χ1n) is 7.58. The number of hydrogen-bond donors (Lipinski definition) is 0. The first-order valence-corrected chi connectivity index (χ1v) is 7.58. The molecule has 5 nitrogen and oxygen atoms in total. The van der Waals surface area contributed by atoms with Gasteiger partial charge in [-0.15, -0.1) is 0 Å². The second kappa shape index (κ2) is 5.74. The number of benzene rings is 1. The third kappa shape index (κ3) is 2.41. The van der Waals surface area contributed by atoms with E-state index in [9.17, 15) is 14.4 Å². The molecule has 0 radical (unpaired) electrons. The Morgan fingerprint density at radius 1 is 1.22 bits per heavy atom. The number of hydrogen-bond acceptors (Lipinski definition) is 5. The van der Waals surface area contributed by atoms with Gasteiger partial charge in [0.05, 0.1) is 13.5 Å². The molecule has 3 rings (SSSR count). The van der Waals surface area contributed by atoms with Crippen LogP contribution in [0.2, 0.25) is 0 Å². The van der Waals surface area contributed by atoms with Gasteiger partial charge in [-0.3, -0.25) is 19.3 Å². The second-order valence-electron chi connectivity index (χ2n) is 6.17. The van der Waals surface area contributed by atoms with Crippen molar-refractivity contribution in [3.8, 4) is 0 Å². The average Bonchev–Trinajstić information content (AvgIpc) is 2.63. The van der Waals surface area contributed by atoms with Crippen molar-refractivity contribution in [2.75, 3.05) is 20.7 Å². The van der Waals surface area contributed by atoms with Crippen molar-refractivity contribution >= 4 is 17.5 Å². The predicted molar refractivity (Wildman–Crippen MR) is 84.3 cm³/mol. The van der Waals surface area contributed by atoms with E-state index in [-0.39, 0.29) is 24.0 Å². The third-order valence-electron chi connectivity index (χ3n) is 4.71. The minimum Gasteiger partial charge on any atom is -0.468 e. The lowest BCUT2D eigenvalue weighted by atomic mass is 9.77. The highest BCUT2D eigenvalue weighted by atomic mass is 16.5. The van der Waals surface area contributed by atoms with Gasteiger partial charge in [-0.25, -0.2) is 0 Å². The van der Waals surface area contributed by atoms with Gasteiger partial charge in [-0.05, 0) is 19.5 Å². The predicted octanol–water partition coefficient (Wildman–Crippen LogP) is 1.73. The largest absolute Gasteiger partial charge is 0.468 e. The summed E-state index contributed by atoms with van der Waals surface area (Å²) >= 11 is 0. The highest BCUT2D eigenvalue weighted by Crippen LogP contribution is 2.41. The van der Waals surface area contributed by atoms with Crippen molar-refractivity contribution in [1.29, 1.82) is 0 Å². The Bertz CT molecular complexity index is 734. The number of esters is 1. The monoisotopic (exact) mass is 313 g/mol. The quantitative estimate of drug-likeness (QED) is 0.583. The fourth-order valence-electron chi connectivity index (χ4n) is 3.77. The van der Waals surface area contributed by atoms with Gasteiger partial charge in [0, 0.05) is 23.6 Å². The SMILES string of the molecule is COC(=O)C1C2C(=C(C)CN1C)C(=O)CC(=O)c1ccccc12. The molecule has 0 saturated heterocycles. The molecule has 5 heteroatoms.